The number of aliphatic carboxylic acids is 1. The highest BCUT2D eigenvalue weighted by molar-refractivity contribution is 5.72. The predicted molar refractivity (Wildman–Crippen MR) is 41.3 cm³/mol. The molecule has 0 aromatic rings. The Kier molecular flexibility index (Phi) is 3.40. The molecule has 1 aliphatic rings. The van der Waals surface area contributed by atoms with Crippen LogP contribution in [-0.2, 0) is 14.3 Å². The van der Waals surface area contributed by atoms with Gasteiger partial charge in [-0.25, -0.2) is 4.79 Å². The van der Waals surface area contributed by atoms with Gasteiger partial charge in [0.05, 0.1) is 0 Å². The lowest BCUT2D eigenvalue weighted by molar-refractivity contribution is -0.171. The van der Waals surface area contributed by atoms with Gasteiger partial charge in [0.25, 0.3) is 0 Å². The third kappa shape index (κ3) is 1.86. The van der Waals surface area contributed by atoms with E-state index in [4.69, 9.17) is 15.3 Å². The van der Waals surface area contributed by atoms with E-state index in [0.717, 1.165) is 0 Å². The summed E-state index contributed by atoms with van der Waals surface area (Å²) in [6.45, 7) is 0. The summed E-state index contributed by atoms with van der Waals surface area (Å²) in [7, 11) is 1.23. The van der Waals surface area contributed by atoms with Gasteiger partial charge in [-0.1, -0.05) is 0 Å². The Bertz CT molecular complexity index is 218. The largest absolute Gasteiger partial charge is 0.479 e. The Morgan fingerprint density at radius 3 is 2.43 bits per heavy atom. The summed E-state index contributed by atoms with van der Waals surface area (Å²) >= 11 is 0. The van der Waals surface area contributed by atoms with Crippen molar-refractivity contribution in [2.45, 2.75) is 30.7 Å². The number of carboxylic acid groups (broad SMARTS) is 1. The first-order valence-electron chi connectivity index (χ1n) is 3.94. The topological polar surface area (TPSA) is 116 Å². The van der Waals surface area contributed by atoms with Crippen molar-refractivity contribution in [1.29, 1.82) is 0 Å². The van der Waals surface area contributed by atoms with E-state index < -0.39 is 36.7 Å². The van der Waals surface area contributed by atoms with E-state index in [1.165, 1.54) is 7.11 Å². The molecule has 1 fully saturated rings. The Hall–Kier alpha value is -0.730. The smallest absolute Gasteiger partial charge is 0.335 e. The molecule has 0 radical (unpaired) electrons. The lowest BCUT2D eigenvalue weighted by Gasteiger charge is -2.17. The van der Waals surface area contributed by atoms with Crippen LogP contribution in [0.4, 0.5) is 0 Å². The van der Waals surface area contributed by atoms with Crippen LogP contribution in [0.5, 0.6) is 0 Å². The van der Waals surface area contributed by atoms with Crippen molar-refractivity contribution in [3.05, 3.63) is 0 Å². The molecule has 1 rings (SSSR count). The lowest BCUT2D eigenvalue weighted by Crippen LogP contribution is -2.43. The highest BCUT2D eigenvalue weighted by Gasteiger charge is 2.48. The maximum absolute atomic E-state index is 10.4. The highest BCUT2D eigenvalue weighted by Crippen LogP contribution is 2.24. The van der Waals surface area contributed by atoms with Crippen LogP contribution in [0, 0.1) is 0 Å². The van der Waals surface area contributed by atoms with Gasteiger partial charge in [-0.05, 0) is 0 Å². The third-order valence-corrected chi connectivity index (χ3v) is 2.09. The third-order valence-electron chi connectivity index (χ3n) is 2.09. The first-order valence-corrected chi connectivity index (χ1v) is 3.94. The second kappa shape index (κ2) is 4.20. The zero-order valence-corrected chi connectivity index (χ0v) is 7.40. The fourth-order valence-corrected chi connectivity index (χ4v) is 1.33. The number of hydrogen-bond donors (Lipinski definition) is 4. The summed E-state index contributed by atoms with van der Waals surface area (Å²) in [6, 6.07) is 0. The summed E-state index contributed by atoms with van der Waals surface area (Å²) in [5.74, 6) is -1.53. The average molecular weight is 208 g/mol. The summed E-state index contributed by atoms with van der Waals surface area (Å²) < 4.78 is 9.32. The van der Waals surface area contributed by atoms with Gasteiger partial charge in [-0.2, -0.15) is 0 Å². The predicted octanol–water partition coefficient (Wildman–Crippen LogP) is -2.47. The van der Waals surface area contributed by atoms with Gasteiger partial charge in [0.15, 0.2) is 12.4 Å². The summed E-state index contributed by atoms with van der Waals surface area (Å²) in [5.41, 5.74) is 0. The Labute approximate surface area is 79.5 Å². The van der Waals surface area contributed by atoms with Gasteiger partial charge in [0.1, 0.15) is 18.3 Å². The Morgan fingerprint density at radius 2 is 2.07 bits per heavy atom. The molecule has 0 saturated carbocycles. The average Bonchev–Trinajstić information content (AvgIpc) is 2.40. The molecule has 4 N–H and O–H groups in total. The number of methoxy groups -OCH3 is 1. The van der Waals surface area contributed by atoms with Gasteiger partial charge >= 0.3 is 5.97 Å². The maximum atomic E-state index is 10.4. The summed E-state index contributed by atoms with van der Waals surface area (Å²) in [4.78, 5) is 10.4. The number of aliphatic hydroxyl groups is 3. The number of rotatable bonds is 3. The molecular weight excluding hydrogens is 196 g/mol. The normalized spacial score (nSPS) is 39.7. The second-order valence-electron chi connectivity index (χ2n) is 2.97. The van der Waals surface area contributed by atoms with Gasteiger partial charge in [0, 0.05) is 7.11 Å². The molecule has 1 saturated heterocycles. The Balaban J connectivity index is 2.70. The molecule has 1 heterocycles. The number of aliphatic hydroxyl groups excluding tert-OH is 3. The minimum absolute atomic E-state index is 1.05. The van der Waals surface area contributed by atoms with Crippen LogP contribution >= 0.6 is 0 Å². The van der Waals surface area contributed by atoms with Gasteiger partial charge in [-0.15, -0.1) is 0 Å². The van der Waals surface area contributed by atoms with Crippen molar-refractivity contribution in [3.63, 3.8) is 0 Å². The SMILES string of the molecule is COC1C(O)OC(C(O)C(=O)O)C1O. The molecule has 0 aromatic carbocycles. The standard InChI is InChI=1S/C7H12O7/c1-13-5-2(8)4(14-7(5)12)3(9)6(10)11/h2-5,7-9,12H,1H3,(H,10,11). The van der Waals surface area contributed by atoms with E-state index in [1.807, 2.05) is 0 Å². The molecule has 0 aliphatic carbocycles. The highest BCUT2D eigenvalue weighted by atomic mass is 16.7. The van der Waals surface area contributed by atoms with E-state index in [9.17, 15) is 9.90 Å². The summed E-state index contributed by atoms with van der Waals surface area (Å²) in [6.07, 6.45) is -7.13. The second-order valence-corrected chi connectivity index (χ2v) is 2.97. The van der Waals surface area contributed by atoms with Crippen LogP contribution in [0.1, 0.15) is 0 Å². The first-order chi connectivity index (χ1) is 6.49. The molecule has 7 nitrogen and oxygen atoms in total. The first kappa shape index (κ1) is 11.3. The van der Waals surface area contributed by atoms with E-state index in [0.29, 0.717) is 0 Å². The molecule has 0 amide bonds. The quantitative estimate of drug-likeness (QED) is 0.406. The van der Waals surface area contributed by atoms with E-state index in [1.54, 1.807) is 0 Å². The molecule has 5 unspecified atom stereocenters. The molecule has 5 atom stereocenters. The number of carboxylic acids is 1. The number of carbonyl (C=O) groups is 1. The molecule has 0 spiro atoms. The van der Waals surface area contributed by atoms with Gasteiger partial charge in [-0.3, -0.25) is 0 Å². The summed E-state index contributed by atoms with van der Waals surface area (Å²) in [5, 5.41) is 36.1. The molecular formula is C7H12O7. The van der Waals surface area contributed by atoms with Crippen molar-refractivity contribution >= 4 is 5.97 Å². The van der Waals surface area contributed by atoms with Crippen molar-refractivity contribution in [2.24, 2.45) is 0 Å². The monoisotopic (exact) mass is 208 g/mol. The van der Waals surface area contributed by atoms with Crippen molar-refractivity contribution in [1.82, 2.24) is 0 Å². The van der Waals surface area contributed by atoms with E-state index >= 15 is 0 Å². The maximum Gasteiger partial charge on any atom is 0.335 e. The number of ether oxygens (including phenoxy) is 2. The zero-order valence-electron chi connectivity index (χ0n) is 7.40. The van der Waals surface area contributed by atoms with Crippen LogP contribution in [-0.4, -0.2) is 64.2 Å². The fourth-order valence-electron chi connectivity index (χ4n) is 1.33. The van der Waals surface area contributed by atoms with Crippen LogP contribution in [0.3, 0.4) is 0 Å². The van der Waals surface area contributed by atoms with Gasteiger partial charge in [0.2, 0.25) is 0 Å². The van der Waals surface area contributed by atoms with Crippen LogP contribution in [0.15, 0.2) is 0 Å². The molecule has 0 bridgehead atoms. The molecule has 14 heavy (non-hydrogen) atoms. The molecule has 82 valence electrons. The van der Waals surface area contributed by atoms with Crippen LogP contribution in [0.25, 0.3) is 0 Å². The van der Waals surface area contributed by atoms with E-state index in [2.05, 4.69) is 9.47 Å². The molecule has 0 aromatic heterocycles. The lowest BCUT2D eigenvalue weighted by atomic mass is 10.1. The van der Waals surface area contributed by atoms with Crippen molar-refractivity contribution < 1.29 is 34.7 Å². The van der Waals surface area contributed by atoms with E-state index in [-0.39, 0.29) is 0 Å². The van der Waals surface area contributed by atoms with Gasteiger partial charge < -0.3 is 29.9 Å². The van der Waals surface area contributed by atoms with Crippen molar-refractivity contribution in [2.75, 3.05) is 7.11 Å². The van der Waals surface area contributed by atoms with Crippen molar-refractivity contribution in [3.8, 4) is 0 Å². The Morgan fingerprint density at radius 1 is 1.50 bits per heavy atom. The number of hydrogen-bond acceptors (Lipinski definition) is 6. The minimum Gasteiger partial charge on any atom is -0.479 e. The minimum atomic E-state index is -1.89. The molecule has 1 aliphatic heterocycles. The molecule has 7 heteroatoms. The van der Waals surface area contributed by atoms with Crippen LogP contribution in [0.2, 0.25) is 0 Å². The van der Waals surface area contributed by atoms with Crippen LogP contribution < -0.4 is 0 Å². The zero-order chi connectivity index (χ0) is 10.9. The fraction of sp³-hybridized carbons (Fsp3) is 0.857.